The van der Waals surface area contributed by atoms with Gasteiger partial charge >= 0.3 is 0 Å². The van der Waals surface area contributed by atoms with Crippen LogP contribution < -0.4 is 0 Å². The molecule has 0 unspecified atom stereocenters. The topological polar surface area (TPSA) is 43.4 Å². The normalized spacial score (nSPS) is 19.6. The second-order valence-corrected chi connectivity index (χ2v) is 6.94. The van der Waals surface area contributed by atoms with Gasteiger partial charge in [-0.25, -0.2) is 0 Å². The van der Waals surface area contributed by atoms with Gasteiger partial charge in [-0.05, 0) is 6.42 Å². The summed E-state index contributed by atoms with van der Waals surface area (Å²) in [7, 11) is -2.03. The minimum absolute atomic E-state index is 0.162. The smallest absolute Gasteiger partial charge is 0.267 e. The van der Waals surface area contributed by atoms with Gasteiger partial charge in [0.1, 0.15) is 0 Å². The standard InChI is InChI=1S/C12H26NO3S/c1-3-4-8-13(9-5-6-10-13)11-7-12-17(14,15)16-2/h3-12H2,1-2H3/q+1. The first-order valence-corrected chi connectivity index (χ1v) is 8.25. The molecule has 0 bridgehead atoms. The van der Waals surface area contributed by atoms with Crippen molar-refractivity contribution in [3.05, 3.63) is 0 Å². The van der Waals surface area contributed by atoms with Crippen LogP contribution in [0.1, 0.15) is 39.0 Å². The molecule has 1 rings (SSSR count). The van der Waals surface area contributed by atoms with Gasteiger partial charge in [-0.1, -0.05) is 13.3 Å². The van der Waals surface area contributed by atoms with Crippen molar-refractivity contribution in [2.45, 2.75) is 39.0 Å². The molecule has 0 N–H and O–H groups in total. The molecule has 0 radical (unpaired) electrons. The Morgan fingerprint density at radius 3 is 2.24 bits per heavy atom. The fourth-order valence-corrected chi connectivity index (χ4v) is 3.37. The van der Waals surface area contributed by atoms with E-state index in [1.165, 1.54) is 52.4 Å². The highest BCUT2D eigenvalue weighted by molar-refractivity contribution is 7.86. The maximum Gasteiger partial charge on any atom is 0.267 e. The Hall–Kier alpha value is -0.130. The van der Waals surface area contributed by atoms with Gasteiger partial charge in [-0.3, -0.25) is 4.18 Å². The quantitative estimate of drug-likeness (QED) is 0.495. The Labute approximate surface area is 106 Å². The number of likely N-dealkylation sites (tertiary alicyclic amines) is 1. The van der Waals surface area contributed by atoms with Crippen LogP contribution in [-0.4, -0.2) is 51.9 Å². The molecule has 0 amide bonds. The fraction of sp³-hybridized carbons (Fsp3) is 1.00. The highest BCUT2D eigenvalue weighted by atomic mass is 32.2. The average molecular weight is 264 g/mol. The van der Waals surface area contributed by atoms with Gasteiger partial charge in [0.05, 0.1) is 39.0 Å². The Bertz CT molecular complexity index is 308. The van der Waals surface area contributed by atoms with E-state index in [1.807, 2.05) is 0 Å². The highest BCUT2D eigenvalue weighted by Crippen LogP contribution is 2.21. The van der Waals surface area contributed by atoms with E-state index in [9.17, 15) is 8.42 Å². The van der Waals surface area contributed by atoms with E-state index in [0.717, 1.165) is 17.4 Å². The van der Waals surface area contributed by atoms with E-state index in [1.54, 1.807) is 0 Å². The third kappa shape index (κ3) is 4.94. The molecule has 102 valence electrons. The molecular formula is C12H26NO3S+. The minimum Gasteiger partial charge on any atom is -0.324 e. The summed E-state index contributed by atoms with van der Waals surface area (Å²) < 4.78 is 28.1. The van der Waals surface area contributed by atoms with E-state index < -0.39 is 10.1 Å². The fourth-order valence-electron chi connectivity index (χ4n) is 2.72. The molecule has 1 saturated heterocycles. The highest BCUT2D eigenvalue weighted by Gasteiger charge is 2.31. The summed E-state index contributed by atoms with van der Waals surface area (Å²) >= 11 is 0. The Kier molecular flexibility index (Phi) is 5.89. The zero-order chi connectivity index (χ0) is 12.8. The van der Waals surface area contributed by atoms with Crippen LogP contribution in [-0.2, 0) is 14.3 Å². The van der Waals surface area contributed by atoms with Gasteiger partial charge in [0, 0.05) is 19.3 Å². The lowest BCUT2D eigenvalue weighted by atomic mass is 10.2. The van der Waals surface area contributed by atoms with Gasteiger partial charge in [-0.15, -0.1) is 0 Å². The van der Waals surface area contributed by atoms with Crippen LogP contribution in [0.25, 0.3) is 0 Å². The third-order valence-electron chi connectivity index (χ3n) is 3.78. The molecule has 0 atom stereocenters. The zero-order valence-corrected chi connectivity index (χ0v) is 12.0. The Morgan fingerprint density at radius 1 is 1.12 bits per heavy atom. The van der Waals surface area contributed by atoms with E-state index in [2.05, 4.69) is 11.1 Å². The number of rotatable bonds is 8. The lowest BCUT2D eigenvalue weighted by Crippen LogP contribution is -2.47. The molecule has 0 saturated carbocycles. The molecular weight excluding hydrogens is 238 g/mol. The van der Waals surface area contributed by atoms with E-state index in [4.69, 9.17) is 0 Å². The summed E-state index contributed by atoms with van der Waals surface area (Å²) in [5.74, 6) is 0.162. The molecule has 1 aliphatic heterocycles. The number of quaternary nitrogens is 1. The maximum atomic E-state index is 11.3. The first-order chi connectivity index (χ1) is 8.04. The van der Waals surface area contributed by atoms with Crippen LogP contribution in [0.5, 0.6) is 0 Å². The molecule has 1 fully saturated rings. The summed E-state index contributed by atoms with van der Waals surface area (Å²) in [6.45, 7) is 6.87. The van der Waals surface area contributed by atoms with Crippen molar-refractivity contribution < 1.29 is 17.1 Å². The SMILES string of the molecule is CCCC[N+]1(CCCS(=O)(=O)OC)CCCC1. The molecule has 1 heterocycles. The first-order valence-electron chi connectivity index (χ1n) is 6.67. The molecule has 0 aromatic heterocycles. The number of hydrogen-bond donors (Lipinski definition) is 0. The van der Waals surface area contributed by atoms with Crippen molar-refractivity contribution in [2.75, 3.05) is 39.0 Å². The Balaban J connectivity index is 2.40. The van der Waals surface area contributed by atoms with Gasteiger partial charge in [0.25, 0.3) is 10.1 Å². The van der Waals surface area contributed by atoms with Gasteiger partial charge < -0.3 is 4.48 Å². The summed E-state index contributed by atoms with van der Waals surface area (Å²) in [6, 6.07) is 0. The van der Waals surface area contributed by atoms with Crippen molar-refractivity contribution in [3.8, 4) is 0 Å². The predicted molar refractivity (Wildman–Crippen MR) is 69.3 cm³/mol. The summed E-state index contributed by atoms with van der Waals surface area (Å²) in [4.78, 5) is 0. The monoisotopic (exact) mass is 264 g/mol. The van der Waals surface area contributed by atoms with E-state index in [0.29, 0.717) is 0 Å². The third-order valence-corrected chi connectivity index (χ3v) is 5.08. The Morgan fingerprint density at radius 2 is 1.71 bits per heavy atom. The van der Waals surface area contributed by atoms with E-state index >= 15 is 0 Å². The maximum absolute atomic E-state index is 11.3. The van der Waals surface area contributed by atoms with Crippen molar-refractivity contribution in [2.24, 2.45) is 0 Å². The lowest BCUT2D eigenvalue weighted by Gasteiger charge is -2.34. The van der Waals surface area contributed by atoms with Gasteiger partial charge in [-0.2, -0.15) is 8.42 Å². The summed E-state index contributed by atoms with van der Waals surface area (Å²) in [6.07, 6.45) is 5.77. The van der Waals surface area contributed by atoms with Crippen LogP contribution in [0, 0.1) is 0 Å². The second-order valence-electron chi connectivity index (χ2n) is 5.08. The van der Waals surface area contributed by atoms with Crippen molar-refractivity contribution in [1.29, 1.82) is 0 Å². The summed E-state index contributed by atoms with van der Waals surface area (Å²) in [5.41, 5.74) is 0. The molecule has 4 nitrogen and oxygen atoms in total. The minimum atomic E-state index is -3.27. The summed E-state index contributed by atoms with van der Waals surface area (Å²) in [5, 5.41) is 0. The molecule has 17 heavy (non-hydrogen) atoms. The lowest BCUT2D eigenvalue weighted by molar-refractivity contribution is -0.917. The van der Waals surface area contributed by atoms with Crippen LogP contribution in [0.15, 0.2) is 0 Å². The van der Waals surface area contributed by atoms with Crippen LogP contribution in [0.3, 0.4) is 0 Å². The van der Waals surface area contributed by atoms with Gasteiger partial charge in [0.2, 0.25) is 0 Å². The molecule has 0 aliphatic carbocycles. The van der Waals surface area contributed by atoms with E-state index in [-0.39, 0.29) is 5.75 Å². The molecule has 0 spiro atoms. The molecule has 1 aliphatic rings. The second kappa shape index (κ2) is 6.71. The molecule has 0 aromatic rings. The van der Waals surface area contributed by atoms with Crippen LogP contribution in [0.2, 0.25) is 0 Å². The average Bonchev–Trinajstić information content (AvgIpc) is 2.75. The number of nitrogens with zero attached hydrogens (tertiary/aromatic N) is 1. The predicted octanol–water partition coefficient (Wildman–Crippen LogP) is 1.76. The largest absolute Gasteiger partial charge is 0.324 e. The zero-order valence-electron chi connectivity index (χ0n) is 11.2. The van der Waals surface area contributed by atoms with Crippen molar-refractivity contribution in [3.63, 3.8) is 0 Å². The molecule has 0 aromatic carbocycles. The molecule has 5 heteroatoms. The number of hydrogen-bond acceptors (Lipinski definition) is 3. The number of unbranched alkanes of at least 4 members (excludes halogenated alkanes) is 1. The first kappa shape index (κ1) is 14.9. The van der Waals surface area contributed by atoms with Crippen LogP contribution >= 0.6 is 0 Å². The van der Waals surface area contributed by atoms with Crippen molar-refractivity contribution >= 4 is 10.1 Å². The van der Waals surface area contributed by atoms with Crippen LogP contribution in [0.4, 0.5) is 0 Å². The van der Waals surface area contributed by atoms with Gasteiger partial charge in [0.15, 0.2) is 0 Å². The van der Waals surface area contributed by atoms with Crippen molar-refractivity contribution in [1.82, 2.24) is 0 Å².